The van der Waals surface area contributed by atoms with Gasteiger partial charge in [0.05, 0.1) is 0 Å². The lowest BCUT2D eigenvalue weighted by molar-refractivity contribution is 0.826. The fourth-order valence-corrected chi connectivity index (χ4v) is 18.5. The lowest BCUT2D eigenvalue weighted by atomic mass is 9.66. The molecule has 102 heavy (non-hydrogen) atoms. The molecular formula is C102H66. The van der Waals surface area contributed by atoms with Gasteiger partial charge in [0.2, 0.25) is 0 Å². The van der Waals surface area contributed by atoms with Gasteiger partial charge in [0.25, 0.3) is 0 Å². The third-order valence-corrected chi connectivity index (χ3v) is 23.0. The highest BCUT2D eigenvalue weighted by Crippen LogP contribution is 2.67. The van der Waals surface area contributed by atoms with Crippen molar-refractivity contribution in [3.05, 3.63) is 424 Å². The molecule has 6 aliphatic rings. The highest BCUT2D eigenvalue weighted by molar-refractivity contribution is 6.42. The van der Waals surface area contributed by atoms with Crippen LogP contribution in [0, 0.1) is 19.8 Å². The van der Waals surface area contributed by atoms with E-state index >= 15 is 0 Å². The van der Waals surface area contributed by atoms with E-state index in [1.807, 2.05) is 0 Å². The van der Waals surface area contributed by atoms with Crippen molar-refractivity contribution in [3.63, 3.8) is 0 Å². The molecule has 0 heterocycles. The molecule has 6 aliphatic carbocycles. The average molecular weight is 1290 g/mol. The van der Waals surface area contributed by atoms with Crippen molar-refractivity contribution in [2.24, 2.45) is 5.92 Å². The van der Waals surface area contributed by atoms with Gasteiger partial charge in [-0.25, -0.2) is 0 Å². The second kappa shape index (κ2) is 22.9. The van der Waals surface area contributed by atoms with Crippen LogP contribution < -0.4 is 0 Å². The van der Waals surface area contributed by atoms with Gasteiger partial charge in [-0.05, 0) is 271 Å². The highest BCUT2D eigenvalue weighted by atomic mass is 14.5. The summed E-state index contributed by atoms with van der Waals surface area (Å²) in [6.07, 6.45) is 20.4. The molecule has 474 valence electrons. The first-order valence-corrected chi connectivity index (χ1v) is 36.0. The van der Waals surface area contributed by atoms with Gasteiger partial charge in [-0.1, -0.05) is 322 Å². The van der Waals surface area contributed by atoms with Gasteiger partial charge in [0.1, 0.15) is 0 Å². The zero-order valence-electron chi connectivity index (χ0n) is 56.7. The molecule has 0 bridgehead atoms. The van der Waals surface area contributed by atoms with E-state index in [2.05, 4.69) is 360 Å². The Bertz CT molecular complexity index is 6500. The minimum absolute atomic E-state index is 0.0738. The molecule has 0 fully saturated rings. The molecule has 15 aromatic carbocycles. The molecule has 0 N–H and O–H groups in total. The third kappa shape index (κ3) is 8.82. The Labute approximate surface area is 594 Å². The highest BCUT2D eigenvalue weighted by Gasteiger charge is 2.46. The maximum absolute atomic E-state index is 2.52. The number of hydrogen-bond donors (Lipinski definition) is 0. The van der Waals surface area contributed by atoms with Crippen LogP contribution in [0.3, 0.4) is 0 Å². The topological polar surface area (TPSA) is 0 Å². The van der Waals surface area contributed by atoms with E-state index in [1.165, 1.54) is 226 Å². The lowest BCUT2D eigenvalue weighted by Gasteiger charge is -2.37. The van der Waals surface area contributed by atoms with Gasteiger partial charge in [0.15, 0.2) is 0 Å². The van der Waals surface area contributed by atoms with Gasteiger partial charge in [-0.15, -0.1) is 0 Å². The van der Waals surface area contributed by atoms with E-state index in [0.29, 0.717) is 0 Å². The Morgan fingerprint density at radius 1 is 0.275 bits per heavy atom. The van der Waals surface area contributed by atoms with Gasteiger partial charge in [-0.2, -0.15) is 0 Å². The van der Waals surface area contributed by atoms with Gasteiger partial charge in [0, 0.05) is 5.92 Å². The van der Waals surface area contributed by atoms with Crippen LogP contribution >= 0.6 is 0 Å². The van der Waals surface area contributed by atoms with Crippen LogP contribution in [-0.4, -0.2) is 0 Å². The summed E-state index contributed by atoms with van der Waals surface area (Å²) in [7, 11) is 0. The molecule has 0 saturated carbocycles. The third-order valence-electron chi connectivity index (χ3n) is 23.0. The zero-order valence-corrected chi connectivity index (χ0v) is 56.7. The smallest absolute Gasteiger partial charge is 0.0354 e. The van der Waals surface area contributed by atoms with E-state index in [0.717, 1.165) is 6.42 Å². The Kier molecular flexibility index (Phi) is 13.1. The van der Waals surface area contributed by atoms with Crippen LogP contribution in [0.4, 0.5) is 0 Å². The Balaban J connectivity index is 0.970. The van der Waals surface area contributed by atoms with Crippen molar-refractivity contribution < 1.29 is 0 Å². The quantitative estimate of drug-likeness (QED) is 0.120. The molecule has 0 amide bonds. The average Bonchev–Trinajstić information content (AvgIpc) is 1.47. The number of benzene rings is 15. The van der Waals surface area contributed by atoms with E-state index in [-0.39, 0.29) is 5.92 Å². The molecule has 0 aliphatic heterocycles. The molecule has 0 saturated heterocycles. The summed E-state index contributed by atoms with van der Waals surface area (Å²) in [4.78, 5) is 0. The van der Waals surface area contributed by atoms with Crippen LogP contribution in [0.5, 0.6) is 0 Å². The molecule has 15 aromatic rings. The first-order valence-electron chi connectivity index (χ1n) is 36.0. The number of fused-ring (bicyclic) bond motifs is 5. The number of hydrogen-bond acceptors (Lipinski definition) is 0. The van der Waals surface area contributed by atoms with Crippen molar-refractivity contribution in [3.8, 4) is 66.8 Å². The summed E-state index contributed by atoms with van der Waals surface area (Å²) >= 11 is 0. The van der Waals surface area contributed by atoms with Gasteiger partial charge >= 0.3 is 0 Å². The molecule has 21 rings (SSSR count). The second-order valence-electron chi connectivity index (χ2n) is 28.4. The molecule has 0 nitrogen and oxygen atoms in total. The van der Waals surface area contributed by atoms with Crippen LogP contribution in [-0.2, 0) is 0 Å². The van der Waals surface area contributed by atoms with Crippen LogP contribution in [0.1, 0.15) is 45.4 Å². The SMILES string of the molecule is Cc1c2c(c(C)c(-c3ccc(-c4ccccc4)c(-c4ccccc4)c3)c1-c1ccc(-c3ccccc3)c(-c3ccccc3)c1)C1=C(c3ccc4ccc5cccc6ccc3c4c56)C(c3ccc4ccccc4c3)=C(c3ccc4ccccc4c3)C1=C2C1=C2C=CC3=C4C(=CC=C(C=C1)C24)CC=C3. The largest absolute Gasteiger partial charge is 0.0795 e. The fraction of sp³-hybridized carbons (Fsp3) is 0.0392. The predicted octanol–water partition coefficient (Wildman–Crippen LogP) is 27.0. The molecule has 0 spiro atoms. The number of allylic oxidation sites excluding steroid dienone is 20. The summed E-state index contributed by atoms with van der Waals surface area (Å²) in [6.45, 7) is 4.97. The lowest BCUT2D eigenvalue weighted by Crippen LogP contribution is -2.22. The standard InChI is InChI=1S/C102H66/c1-61-89(79-49-51-81(65-23-7-3-8-24-65)87(59-79)67-27-11-5-12-28-67)90(80-50-52-82(66-25-9-4-10-26-66)88(60-80)68-29-13-6-14-30-68)62(2)92-91(61)99(85-55-47-73-41-39-69-33-19-35-71-45-53-83(85)95(73)93(69)71)102-98(78-44-38-64-22-16-18-32-76(64)58-78)97(77-43-37-63-21-15-17-31-75(63)57-77)100(101(92)102)86-56-48-74-42-40-70-34-20-36-72-46-54-84(86)96(74)94(70)72/h3-32,34-60,95H,33H2,1-2H3. The molecular weight excluding hydrogens is 1230 g/mol. The zero-order chi connectivity index (χ0) is 67.3. The van der Waals surface area contributed by atoms with E-state index in [4.69, 9.17) is 0 Å². The Hall–Kier alpha value is -12.7. The van der Waals surface area contributed by atoms with Crippen molar-refractivity contribution >= 4 is 81.7 Å². The van der Waals surface area contributed by atoms with Gasteiger partial charge < -0.3 is 0 Å². The van der Waals surface area contributed by atoms with Crippen LogP contribution in [0.25, 0.3) is 148 Å². The minimum atomic E-state index is 0.0738. The second-order valence-corrected chi connectivity index (χ2v) is 28.4. The predicted molar refractivity (Wildman–Crippen MR) is 433 cm³/mol. The van der Waals surface area contributed by atoms with Crippen molar-refractivity contribution in [2.45, 2.75) is 20.3 Å². The number of rotatable bonds is 10. The maximum atomic E-state index is 2.52. The van der Waals surface area contributed by atoms with Crippen molar-refractivity contribution in [1.29, 1.82) is 0 Å². The van der Waals surface area contributed by atoms with Crippen LogP contribution in [0.15, 0.2) is 385 Å². The molecule has 0 aromatic heterocycles. The fourth-order valence-electron chi connectivity index (χ4n) is 18.5. The molecule has 0 heteroatoms. The first-order chi connectivity index (χ1) is 50.5. The summed E-state index contributed by atoms with van der Waals surface area (Å²) in [6, 6.07) is 112. The molecule has 1 unspecified atom stereocenters. The van der Waals surface area contributed by atoms with Crippen LogP contribution in [0.2, 0.25) is 0 Å². The summed E-state index contributed by atoms with van der Waals surface area (Å²) < 4.78 is 0. The molecule has 1 atom stereocenters. The van der Waals surface area contributed by atoms with Crippen molar-refractivity contribution in [2.75, 3.05) is 0 Å². The summed E-state index contributed by atoms with van der Waals surface area (Å²) in [5.74, 6) is 0.0738. The first kappa shape index (κ1) is 58.2. The van der Waals surface area contributed by atoms with E-state index < -0.39 is 0 Å². The summed E-state index contributed by atoms with van der Waals surface area (Å²) in [5.41, 5.74) is 38.8. The van der Waals surface area contributed by atoms with Gasteiger partial charge in [-0.3, -0.25) is 0 Å². The summed E-state index contributed by atoms with van der Waals surface area (Å²) in [5, 5.41) is 12.5. The minimum Gasteiger partial charge on any atom is -0.0795 e. The normalized spacial score (nSPS) is 15.8. The van der Waals surface area contributed by atoms with Crippen molar-refractivity contribution in [1.82, 2.24) is 0 Å². The Morgan fingerprint density at radius 2 is 0.735 bits per heavy atom. The monoisotopic (exact) mass is 1290 g/mol. The maximum Gasteiger partial charge on any atom is 0.0354 e. The Morgan fingerprint density at radius 3 is 1.31 bits per heavy atom. The van der Waals surface area contributed by atoms with E-state index in [1.54, 1.807) is 0 Å². The molecule has 0 radical (unpaired) electrons. The van der Waals surface area contributed by atoms with E-state index in [9.17, 15) is 0 Å².